The van der Waals surface area contributed by atoms with E-state index in [-0.39, 0.29) is 11.6 Å². The van der Waals surface area contributed by atoms with Crippen LogP contribution in [0.5, 0.6) is 0 Å². The van der Waals surface area contributed by atoms with E-state index in [0.717, 1.165) is 13.0 Å². The molecular weight excluding hydrogens is 190 g/mol. The van der Waals surface area contributed by atoms with Gasteiger partial charge in [-0.25, -0.2) is 4.79 Å². The molecule has 84 valence electrons. The molecule has 0 radical (unpaired) electrons. The lowest BCUT2D eigenvalue weighted by Gasteiger charge is -2.33. The van der Waals surface area contributed by atoms with Crippen LogP contribution in [0.4, 0.5) is 0 Å². The van der Waals surface area contributed by atoms with Crippen LogP contribution >= 0.6 is 0 Å². The van der Waals surface area contributed by atoms with Crippen molar-refractivity contribution in [2.75, 3.05) is 6.54 Å². The monoisotopic (exact) mass is 209 g/mol. The molecule has 2 rings (SSSR count). The van der Waals surface area contributed by atoms with Crippen LogP contribution in [0, 0.1) is 5.92 Å². The van der Waals surface area contributed by atoms with Gasteiger partial charge in [0, 0.05) is 12.1 Å². The molecule has 0 amide bonds. The Morgan fingerprint density at radius 1 is 1.53 bits per heavy atom. The van der Waals surface area contributed by atoms with Crippen molar-refractivity contribution in [1.29, 1.82) is 0 Å². The third kappa shape index (κ3) is 2.40. The second-order valence-electron chi connectivity index (χ2n) is 5.41. The zero-order valence-corrected chi connectivity index (χ0v) is 9.67. The third-order valence-corrected chi connectivity index (χ3v) is 2.99. The Bertz CT molecular complexity index is 301. The number of esters is 1. The summed E-state index contributed by atoms with van der Waals surface area (Å²) < 4.78 is 5.26. The molecular formula is C12H19NO2. The number of carbonyl (C=O) groups is 1. The van der Waals surface area contributed by atoms with E-state index >= 15 is 0 Å². The molecule has 1 saturated carbocycles. The van der Waals surface area contributed by atoms with E-state index in [9.17, 15) is 4.79 Å². The number of carbonyl (C=O) groups excluding carboxylic acids is 1. The highest BCUT2D eigenvalue weighted by Crippen LogP contribution is 2.39. The molecule has 0 aromatic carbocycles. The fourth-order valence-corrected chi connectivity index (χ4v) is 2.32. The summed E-state index contributed by atoms with van der Waals surface area (Å²) in [6.45, 7) is 6.76. The van der Waals surface area contributed by atoms with E-state index in [1.54, 1.807) is 6.08 Å². The van der Waals surface area contributed by atoms with Gasteiger partial charge < -0.3 is 10.1 Å². The molecule has 1 N–H and O–H groups in total. The standard InChI is InChI=1S/C12H19NO2/c1-12(2,3)15-11(14)7-8-6-10-9(8)4-5-13-10/h7,9-10,13H,4-6H2,1-3H3/b8-7+. The first-order chi connectivity index (χ1) is 6.96. The molecule has 1 aliphatic carbocycles. The lowest BCUT2D eigenvalue weighted by atomic mass is 9.75. The summed E-state index contributed by atoms with van der Waals surface area (Å²) in [7, 11) is 0. The largest absolute Gasteiger partial charge is 0.457 e. The number of rotatable bonds is 1. The van der Waals surface area contributed by atoms with Crippen molar-refractivity contribution in [3.8, 4) is 0 Å². The van der Waals surface area contributed by atoms with Crippen LogP contribution in [0.15, 0.2) is 11.6 Å². The Hall–Kier alpha value is -0.830. The van der Waals surface area contributed by atoms with Crippen molar-refractivity contribution in [3.63, 3.8) is 0 Å². The van der Waals surface area contributed by atoms with Crippen molar-refractivity contribution in [2.45, 2.75) is 45.3 Å². The summed E-state index contributed by atoms with van der Waals surface area (Å²) in [5.41, 5.74) is 0.879. The van der Waals surface area contributed by atoms with Crippen LogP contribution in [0.1, 0.15) is 33.6 Å². The predicted octanol–water partition coefficient (Wildman–Crippen LogP) is 1.64. The van der Waals surface area contributed by atoms with Gasteiger partial charge in [0.25, 0.3) is 0 Å². The fourth-order valence-electron chi connectivity index (χ4n) is 2.32. The summed E-state index contributed by atoms with van der Waals surface area (Å²) >= 11 is 0. The summed E-state index contributed by atoms with van der Waals surface area (Å²) in [6, 6.07) is 0.624. The van der Waals surface area contributed by atoms with Gasteiger partial charge in [-0.2, -0.15) is 0 Å². The number of nitrogens with one attached hydrogen (secondary N) is 1. The molecule has 0 spiro atoms. The first kappa shape index (κ1) is 10.7. The SMILES string of the molecule is CC(C)(C)OC(=O)/C=C1\CC2NCCC12. The Kier molecular flexibility index (Phi) is 2.59. The molecule has 3 heteroatoms. The fraction of sp³-hybridized carbons (Fsp3) is 0.750. The normalized spacial score (nSPS) is 32.3. The average molecular weight is 209 g/mol. The topological polar surface area (TPSA) is 38.3 Å². The van der Waals surface area contributed by atoms with Crippen LogP contribution in [-0.4, -0.2) is 24.2 Å². The zero-order valence-electron chi connectivity index (χ0n) is 9.67. The van der Waals surface area contributed by atoms with Crippen molar-refractivity contribution in [3.05, 3.63) is 11.6 Å². The van der Waals surface area contributed by atoms with Gasteiger partial charge in [0.1, 0.15) is 5.60 Å². The van der Waals surface area contributed by atoms with Crippen LogP contribution in [0.3, 0.4) is 0 Å². The van der Waals surface area contributed by atoms with Gasteiger partial charge in [-0.05, 0) is 46.1 Å². The molecule has 2 aliphatic rings. The van der Waals surface area contributed by atoms with Crippen LogP contribution in [0.2, 0.25) is 0 Å². The molecule has 0 bridgehead atoms. The Morgan fingerprint density at radius 3 is 2.87 bits per heavy atom. The van der Waals surface area contributed by atoms with Crippen LogP contribution < -0.4 is 5.32 Å². The zero-order chi connectivity index (χ0) is 11.1. The summed E-state index contributed by atoms with van der Waals surface area (Å²) in [6.07, 6.45) is 3.88. The van der Waals surface area contributed by atoms with Gasteiger partial charge >= 0.3 is 5.97 Å². The first-order valence-electron chi connectivity index (χ1n) is 5.62. The van der Waals surface area contributed by atoms with E-state index in [2.05, 4.69) is 5.32 Å². The highest BCUT2D eigenvalue weighted by Gasteiger charge is 2.39. The maximum atomic E-state index is 11.5. The van der Waals surface area contributed by atoms with Crippen LogP contribution in [-0.2, 0) is 9.53 Å². The van der Waals surface area contributed by atoms with E-state index in [1.807, 2.05) is 20.8 Å². The van der Waals surface area contributed by atoms with Gasteiger partial charge in [0.15, 0.2) is 0 Å². The molecule has 0 aromatic heterocycles. The number of hydrogen-bond donors (Lipinski definition) is 1. The van der Waals surface area contributed by atoms with E-state index in [1.165, 1.54) is 12.0 Å². The first-order valence-corrected chi connectivity index (χ1v) is 5.62. The molecule has 1 saturated heterocycles. The van der Waals surface area contributed by atoms with E-state index < -0.39 is 0 Å². The predicted molar refractivity (Wildman–Crippen MR) is 58.4 cm³/mol. The quantitative estimate of drug-likeness (QED) is 0.527. The molecule has 2 atom stereocenters. The van der Waals surface area contributed by atoms with Gasteiger partial charge in [-0.1, -0.05) is 5.57 Å². The highest BCUT2D eigenvalue weighted by molar-refractivity contribution is 5.83. The smallest absolute Gasteiger partial charge is 0.331 e. The second kappa shape index (κ2) is 3.63. The van der Waals surface area contributed by atoms with Gasteiger partial charge in [-0.3, -0.25) is 0 Å². The van der Waals surface area contributed by atoms with Crippen molar-refractivity contribution >= 4 is 5.97 Å². The van der Waals surface area contributed by atoms with Crippen molar-refractivity contribution in [2.24, 2.45) is 5.92 Å². The Labute approximate surface area is 90.9 Å². The highest BCUT2D eigenvalue weighted by atomic mass is 16.6. The molecule has 1 heterocycles. The lowest BCUT2D eigenvalue weighted by Crippen LogP contribution is -2.38. The van der Waals surface area contributed by atoms with Gasteiger partial charge in [0.05, 0.1) is 0 Å². The Morgan fingerprint density at radius 2 is 2.27 bits per heavy atom. The van der Waals surface area contributed by atoms with Gasteiger partial charge in [0.2, 0.25) is 0 Å². The number of hydrogen-bond acceptors (Lipinski definition) is 3. The van der Waals surface area contributed by atoms with Crippen molar-refractivity contribution < 1.29 is 9.53 Å². The molecule has 0 aromatic rings. The average Bonchev–Trinajstić information content (AvgIpc) is 2.39. The third-order valence-electron chi connectivity index (χ3n) is 2.99. The van der Waals surface area contributed by atoms with Crippen molar-refractivity contribution in [1.82, 2.24) is 5.32 Å². The molecule has 15 heavy (non-hydrogen) atoms. The minimum Gasteiger partial charge on any atom is -0.457 e. The summed E-state index contributed by atoms with van der Waals surface area (Å²) in [5, 5.41) is 3.41. The maximum absolute atomic E-state index is 11.5. The molecule has 2 unspecified atom stereocenters. The summed E-state index contributed by atoms with van der Waals surface area (Å²) in [5.74, 6) is 0.403. The number of fused-ring (bicyclic) bond motifs is 1. The van der Waals surface area contributed by atoms with Crippen LogP contribution in [0.25, 0.3) is 0 Å². The molecule has 3 nitrogen and oxygen atoms in total. The minimum absolute atomic E-state index is 0.192. The number of ether oxygens (including phenoxy) is 1. The minimum atomic E-state index is -0.384. The second-order valence-corrected chi connectivity index (χ2v) is 5.41. The molecule has 2 fully saturated rings. The van der Waals surface area contributed by atoms with E-state index in [0.29, 0.717) is 12.0 Å². The Balaban J connectivity index is 1.91. The molecule has 1 aliphatic heterocycles. The van der Waals surface area contributed by atoms with E-state index in [4.69, 9.17) is 4.74 Å². The van der Waals surface area contributed by atoms with Gasteiger partial charge in [-0.15, -0.1) is 0 Å². The summed E-state index contributed by atoms with van der Waals surface area (Å²) in [4.78, 5) is 11.5. The maximum Gasteiger partial charge on any atom is 0.331 e. The lowest BCUT2D eigenvalue weighted by molar-refractivity contribution is -0.148.